The van der Waals surface area contributed by atoms with Crippen molar-refractivity contribution in [3.63, 3.8) is 0 Å². The van der Waals surface area contributed by atoms with Crippen LogP contribution < -0.4 is 0 Å². The van der Waals surface area contributed by atoms with Gasteiger partial charge in [-0.1, -0.05) is 19.3 Å². The van der Waals surface area contributed by atoms with Gasteiger partial charge in [0.2, 0.25) is 0 Å². The maximum absolute atomic E-state index is 2.32. The van der Waals surface area contributed by atoms with Crippen molar-refractivity contribution < 1.29 is 0 Å². The Hall–Kier alpha value is -0.600. The molecule has 2 aromatic rings. The zero-order valence-electron chi connectivity index (χ0n) is 10.4. The molecule has 0 bridgehead atoms. The monoisotopic (exact) mass is 264 g/mol. The largest absolute Gasteiger partial charge is 0.152 e. The van der Waals surface area contributed by atoms with Gasteiger partial charge in [0, 0.05) is 0 Å². The van der Waals surface area contributed by atoms with Gasteiger partial charge in [-0.2, -0.15) is 22.7 Å². The first kappa shape index (κ1) is 12.8. The predicted octanol–water partition coefficient (Wildman–Crippen LogP) is 5.85. The van der Waals surface area contributed by atoms with Crippen molar-refractivity contribution >= 4 is 22.7 Å². The first-order chi connectivity index (χ1) is 8.36. The molecule has 0 spiro atoms. The molecule has 0 aromatic carbocycles. The number of hydrogen-bond acceptors (Lipinski definition) is 2. The van der Waals surface area contributed by atoms with Crippen molar-refractivity contribution in [3.05, 3.63) is 44.8 Å². The zero-order chi connectivity index (χ0) is 11.9. The van der Waals surface area contributed by atoms with E-state index in [1.807, 2.05) is 11.3 Å². The number of aryl methyl sites for hydroxylation is 1. The lowest BCUT2D eigenvalue weighted by Crippen LogP contribution is -2.02. The first-order valence-corrected chi connectivity index (χ1v) is 8.25. The van der Waals surface area contributed by atoms with Gasteiger partial charge in [-0.25, -0.2) is 0 Å². The van der Waals surface area contributed by atoms with Crippen LogP contribution >= 0.6 is 22.7 Å². The average Bonchev–Trinajstić information content (AvgIpc) is 3.03. The van der Waals surface area contributed by atoms with E-state index in [1.165, 1.54) is 37.7 Å². The summed E-state index contributed by atoms with van der Waals surface area (Å²) in [6.07, 6.45) is 7.20. The normalized spacial score (nSPS) is 16.3. The average molecular weight is 264 g/mol. The Kier molecular flexibility index (Phi) is 5.27. The summed E-state index contributed by atoms with van der Waals surface area (Å²) in [4.78, 5) is 0. The van der Waals surface area contributed by atoms with Crippen molar-refractivity contribution in [1.29, 1.82) is 0 Å². The van der Waals surface area contributed by atoms with E-state index in [2.05, 4.69) is 40.6 Å². The molecule has 0 saturated heterocycles. The smallest absolute Gasteiger partial charge is 0.00584 e. The SMILES string of the molecule is Cc1ccsc1.c1cc(C2CCCCC2)cs1. The zero-order valence-corrected chi connectivity index (χ0v) is 12.0. The third-order valence-electron chi connectivity index (χ3n) is 3.28. The fourth-order valence-corrected chi connectivity index (χ4v) is 3.68. The van der Waals surface area contributed by atoms with Gasteiger partial charge in [0.15, 0.2) is 0 Å². The molecule has 92 valence electrons. The molecule has 0 radical (unpaired) electrons. The number of thiophene rings is 2. The van der Waals surface area contributed by atoms with Crippen LogP contribution in [0.3, 0.4) is 0 Å². The fraction of sp³-hybridized carbons (Fsp3) is 0.467. The maximum atomic E-state index is 2.32. The van der Waals surface area contributed by atoms with Crippen LogP contribution in [0, 0.1) is 6.92 Å². The lowest BCUT2D eigenvalue weighted by atomic mass is 9.85. The third-order valence-corrected chi connectivity index (χ3v) is 4.79. The van der Waals surface area contributed by atoms with E-state index in [-0.39, 0.29) is 0 Å². The van der Waals surface area contributed by atoms with E-state index in [0.717, 1.165) is 5.92 Å². The van der Waals surface area contributed by atoms with Crippen LogP contribution in [0.4, 0.5) is 0 Å². The van der Waals surface area contributed by atoms with E-state index in [1.54, 1.807) is 16.9 Å². The molecule has 17 heavy (non-hydrogen) atoms. The minimum Gasteiger partial charge on any atom is -0.152 e. The molecule has 2 aromatic heterocycles. The Bertz CT molecular complexity index is 380. The molecule has 2 heterocycles. The summed E-state index contributed by atoms with van der Waals surface area (Å²) < 4.78 is 0. The first-order valence-electron chi connectivity index (χ1n) is 6.37. The molecule has 1 aliphatic carbocycles. The third kappa shape index (κ3) is 4.29. The summed E-state index contributed by atoms with van der Waals surface area (Å²) in [5.74, 6) is 0.898. The highest BCUT2D eigenvalue weighted by Crippen LogP contribution is 2.33. The van der Waals surface area contributed by atoms with E-state index in [4.69, 9.17) is 0 Å². The highest BCUT2D eigenvalue weighted by Gasteiger charge is 2.14. The predicted molar refractivity (Wildman–Crippen MR) is 79.2 cm³/mol. The van der Waals surface area contributed by atoms with Gasteiger partial charge in [0.05, 0.1) is 0 Å². The maximum Gasteiger partial charge on any atom is -0.00584 e. The standard InChI is InChI=1S/C10H14S.C5H6S/c1-2-4-9(5-3-1)10-6-7-11-8-10;1-5-2-3-6-4-5/h6-9H,1-5H2;2-4H,1H3. The molecule has 3 rings (SSSR count). The second-order valence-electron chi connectivity index (χ2n) is 4.69. The van der Waals surface area contributed by atoms with Crippen LogP contribution in [0.15, 0.2) is 33.7 Å². The Balaban J connectivity index is 0.000000153. The van der Waals surface area contributed by atoms with E-state index >= 15 is 0 Å². The molecule has 0 aliphatic heterocycles. The van der Waals surface area contributed by atoms with E-state index in [0.29, 0.717) is 0 Å². The summed E-state index contributed by atoms with van der Waals surface area (Å²) in [5, 5.41) is 8.72. The highest BCUT2D eigenvalue weighted by molar-refractivity contribution is 7.08. The highest BCUT2D eigenvalue weighted by atomic mass is 32.1. The minimum absolute atomic E-state index is 0.898. The molecule has 1 fully saturated rings. The Morgan fingerprint density at radius 1 is 0.941 bits per heavy atom. The quantitative estimate of drug-likeness (QED) is 0.606. The van der Waals surface area contributed by atoms with Gasteiger partial charge < -0.3 is 0 Å². The molecule has 0 N–H and O–H groups in total. The molecular weight excluding hydrogens is 244 g/mol. The molecule has 0 amide bonds. The van der Waals surface area contributed by atoms with Gasteiger partial charge in [-0.05, 0) is 70.5 Å². The van der Waals surface area contributed by atoms with E-state index < -0.39 is 0 Å². The summed E-state index contributed by atoms with van der Waals surface area (Å²) in [5.41, 5.74) is 2.95. The summed E-state index contributed by atoms with van der Waals surface area (Å²) >= 11 is 3.57. The Morgan fingerprint density at radius 3 is 2.12 bits per heavy atom. The molecule has 0 nitrogen and oxygen atoms in total. The molecule has 0 atom stereocenters. The topological polar surface area (TPSA) is 0 Å². The van der Waals surface area contributed by atoms with Crippen molar-refractivity contribution in [1.82, 2.24) is 0 Å². The van der Waals surface area contributed by atoms with Crippen LogP contribution in [-0.2, 0) is 0 Å². The van der Waals surface area contributed by atoms with Crippen molar-refractivity contribution in [3.8, 4) is 0 Å². The summed E-state index contributed by atoms with van der Waals surface area (Å²) in [7, 11) is 0. The fourth-order valence-electron chi connectivity index (χ4n) is 2.28. The summed E-state index contributed by atoms with van der Waals surface area (Å²) in [6.45, 7) is 2.09. The Labute approximate surface area is 112 Å². The number of rotatable bonds is 1. The van der Waals surface area contributed by atoms with Crippen LogP contribution in [0.2, 0.25) is 0 Å². The molecule has 1 aliphatic rings. The van der Waals surface area contributed by atoms with E-state index in [9.17, 15) is 0 Å². The number of hydrogen-bond donors (Lipinski definition) is 0. The van der Waals surface area contributed by atoms with Crippen LogP contribution in [-0.4, -0.2) is 0 Å². The van der Waals surface area contributed by atoms with Gasteiger partial charge in [-0.15, -0.1) is 0 Å². The lowest BCUT2D eigenvalue weighted by Gasteiger charge is -2.20. The van der Waals surface area contributed by atoms with Gasteiger partial charge in [0.1, 0.15) is 0 Å². The van der Waals surface area contributed by atoms with Crippen LogP contribution in [0.25, 0.3) is 0 Å². The van der Waals surface area contributed by atoms with Crippen molar-refractivity contribution in [2.75, 3.05) is 0 Å². The van der Waals surface area contributed by atoms with Crippen molar-refractivity contribution in [2.24, 2.45) is 0 Å². The van der Waals surface area contributed by atoms with Gasteiger partial charge in [0.25, 0.3) is 0 Å². The van der Waals surface area contributed by atoms with Gasteiger partial charge in [-0.3, -0.25) is 0 Å². The molecular formula is C15H20S2. The second kappa shape index (κ2) is 6.97. The van der Waals surface area contributed by atoms with Crippen molar-refractivity contribution in [2.45, 2.75) is 44.9 Å². The lowest BCUT2D eigenvalue weighted by molar-refractivity contribution is 0.444. The molecule has 1 saturated carbocycles. The van der Waals surface area contributed by atoms with Crippen LogP contribution in [0.1, 0.15) is 49.1 Å². The van der Waals surface area contributed by atoms with Gasteiger partial charge >= 0.3 is 0 Å². The molecule has 0 unspecified atom stereocenters. The summed E-state index contributed by atoms with van der Waals surface area (Å²) in [6, 6.07) is 4.39. The Morgan fingerprint density at radius 2 is 1.65 bits per heavy atom. The second-order valence-corrected chi connectivity index (χ2v) is 6.25. The minimum atomic E-state index is 0.898. The molecule has 2 heteroatoms. The van der Waals surface area contributed by atoms with Crippen LogP contribution in [0.5, 0.6) is 0 Å².